The highest BCUT2D eigenvalue weighted by atomic mass is 16.3. The van der Waals surface area contributed by atoms with Crippen LogP contribution in [0.15, 0.2) is 54.6 Å². The molecule has 3 N–H and O–H groups in total. The van der Waals surface area contributed by atoms with Crippen molar-refractivity contribution in [3.8, 4) is 5.75 Å². The molecule has 1 aromatic heterocycles. The minimum absolute atomic E-state index is 0.0974. The Morgan fingerprint density at radius 2 is 1.60 bits per heavy atom. The number of aromatic hydroxyl groups is 1. The molecule has 0 unspecified atom stereocenters. The second kappa shape index (κ2) is 7.00. The highest BCUT2D eigenvalue weighted by Gasteiger charge is 2.08. The average Bonchev–Trinajstić information content (AvgIpc) is 2.54. The van der Waals surface area contributed by atoms with Crippen molar-refractivity contribution in [3.63, 3.8) is 0 Å². The van der Waals surface area contributed by atoms with Crippen LogP contribution in [-0.4, -0.2) is 21.0 Å². The molecule has 0 radical (unpaired) electrons. The van der Waals surface area contributed by atoms with Gasteiger partial charge in [-0.15, -0.1) is 0 Å². The van der Waals surface area contributed by atoms with E-state index in [0.717, 1.165) is 11.4 Å². The van der Waals surface area contributed by atoms with Crippen LogP contribution in [0.2, 0.25) is 0 Å². The van der Waals surface area contributed by atoms with Crippen molar-refractivity contribution < 1.29 is 9.90 Å². The Hall–Kier alpha value is -3.41. The standard InChI is InChI=1S/C19H18N4O2/c1-12-9-13(2)21-19(20-12)23-15-6-3-5-14(10-15)18(25)22-16-7-4-8-17(24)11-16/h3-11,24H,1-2H3,(H,22,25)(H,20,21,23). The third-order valence-electron chi connectivity index (χ3n) is 3.47. The predicted molar refractivity (Wildman–Crippen MR) is 97.3 cm³/mol. The molecule has 0 spiro atoms. The SMILES string of the molecule is Cc1cc(C)nc(Nc2cccc(C(=O)Nc3cccc(O)c3)c2)n1. The first-order valence-corrected chi connectivity index (χ1v) is 7.79. The van der Waals surface area contributed by atoms with Gasteiger partial charge in [0, 0.05) is 34.4 Å². The van der Waals surface area contributed by atoms with Gasteiger partial charge in [-0.05, 0) is 50.2 Å². The van der Waals surface area contributed by atoms with Crippen molar-refractivity contribution in [2.24, 2.45) is 0 Å². The van der Waals surface area contributed by atoms with Gasteiger partial charge >= 0.3 is 0 Å². The first-order chi connectivity index (χ1) is 12.0. The van der Waals surface area contributed by atoms with E-state index in [1.54, 1.807) is 36.4 Å². The number of aryl methyl sites for hydroxylation is 2. The molecule has 0 aliphatic carbocycles. The number of carbonyl (C=O) groups is 1. The number of nitrogens with one attached hydrogen (secondary N) is 2. The summed E-state index contributed by atoms with van der Waals surface area (Å²) < 4.78 is 0. The van der Waals surface area contributed by atoms with Crippen LogP contribution in [0.4, 0.5) is 17.3 Å². The van der Waals surface area contributed by atoms with Crippen LogP contribution >= 0.6 is 0 Å². The normalized spacial score (nSPS) is 10.3. The number of phenolic OH excluding ortho intramolecular Hbond substituents is 1. The molecule has 0 bridgehead atoms. The Labute approximate surface area is 145 Å². The van der Waals surface area contributed by atoms with Gasteiger partial charge in [0.05, 0.1) is 0 Å². The highest BCUT2D eigenvalue weighted by molar-refractivity contribution is 6.04. The van der Waals surface area contributed by atoms with E-state index in [1.165, 1.54) is 6.07 Å². The molecule has 3 aromatic rings. The van der Waals surface area contributed by atoms with Gasteiger partial charge in [-0.2, -0.15) is 0 Å². The van der Waals surface area contributed by atoms with E-state index in [2.05, 4.69) is 20.6 Å². The van der Waals surface area contributed by atoms with Crippen molar-refractivity contribution >= 4 is 23.2 Å². The van der Waals surface area contributed by atoms with E-state index >= 15 is 0 Å². The molecule has 0 aliphatic rings. The lowest BCUT2D eigenvalue weighted by atomic mass is 10.2. The predicted octanol–water partition coefficient (Wildman–Crippen LogP) is 3.79. The fourth-order valence-corrected chi connectivity index (χ4v) is 2.44. The molecule has 2 aromatic carbocycles. The third kappa shape index (κ3) is 4.32. The molecule has 0 saturated carbocycles. The first-order valence-electron chi connectivity index (χ1n) is 7.79. The second-order valence-electron chi connectivity index (χ2n) is 5.68. The molecule has 6 heteroatoms. The molecule has 126 valence electrons. The Balaban J connectivity index is 1.77. The summed E-state index contributed by atoms with van der Waals surface area (Å²) in [5.74, 6) is 0.318. The minimum Gasteiger partial charge on any atom is -0.508 e. The summed E-state index contributed by atoms with van der Waals surface area (Å²) >= 11 is 0. The molecule has 25 heavy (non-hydrogen) atoms. The molecule has 3 rings (SSSR count). The van der Waals surface area contributed by atoms with Crippen LogP contribution in [0.5, 0.6) is 5.75 Å². The van der Waals surface area contributed by atoms with Gasteiger partial charge in [0.25, 0.3) is 5.91 Å². The van der Waals surface area contributed by atoms with E-state index in [4.69, 9.17) is 0 Å². The van der Waals surface area contributed by atoms with E-state index in [0.29, 0.717) is 22.9 Å². The first kappa shape index (κ1) is 16.4. The molecule has 0 fully saturated rings. The fraction of sp³-hybridized carbons (Fsp3) is 0.105. The van der Waals surface area contributed by atoms with Crippen LogP contribution in [0.1, 0.15) is 21.7 Å². The second-order valence-corrected chi connectivity index (χ2v) is 5.68. The maximum absolute atomic E-state index is 12.4. The summed E-state index contributed by atoms with van der Waals surface area (Å²) in [4.78, 5) is 21.0. The number of rotatable bonds is 4. The quantitative estimate of drug-likeness (QED) is 0.675. The van der Waals surface area contributed by atoms with Gasteiger partial charge in [0.15, 0.2) is 0 Å². The summed E-state index contributed by atoms with van der Waals surface area (Å²) in [7, 11) is 0. The largest absolute Gasteiger partial charge is 0.508 e. The van der Waals surface area contributed by atoms with Crippen molar-refractivity contribution in [1.29, 1.82) is 0 Å². The maximum atomic E-state index is 12.4. The number of hydrogen-bond donors (Lipinski definition) is 3. The van der Waals surface area contributed by atoms with Gasteiger partial charge in [0.1, 0.15) is 5.75 Å². The lowest BCUT2D eigenvalue weighted by Crippen LogP contribution is -2.12. The zero-order valence-corrected chi connectivity index (χ0v) is 13.9. The molecule has 0 aliphatic heterocycles. The average molecular weight is 334 g/mol. The van der Waals surface area contributed by atoms with Gasteiger partial charge in [0.2, 0.25) is 5.95 Å². The van der Waals surface area contributed by atoms with Crippen molar-refractivity contribution in [3.05, 3.63) is 71.5 Å². The summed E-state index contributed by atoms with van der Waals surface area (Å²) in [6, 6.07) is 15.4. The van der Waals surface area contributed by atoms with Crippen LogP contribution < -0.4 is 10.6 Å². The lowest BCUT2D eigenvalue weighted by Gasteiger charge is -2.09. The van der Waals surface area contributed by atoms with E-state index in [-0.39, 0.29) is 11.7 Å². The Kier molecular flexibility index (Phi) is 4.61. The van der Waals surface area contributed by atoms with Crippen molar-refractivity contribution in [1.82, 2.24) is 9.97 Å². The van der Waals surface area contributed by atoms with Crippen LogP contribution in [0, 0.1) is 13.8 Å². The lowest BCUT2D eigenvalue weighted by molar-refractivity contribution is 0.102. The van der Waals surface area contributed by atoms with Crippen LogP contribution in [0.3, 0.4) is 0 Å². The van der Waals surface area contributed by atoms with E-state index < -0.39 is 0 Å². The monoisotopic (exact) mass is 334 g/mol. The molecule has 0 atom stereocenters. The molecule has 6 nitrogen and oxygen atoms in total. The third-order valence-corrected chi connectivity index (χ3v) is 3.47. The smallest absolute Gasteiger partial charge is 0.255 e. The molecule has 1 heterocycles. The molecule has 1 amide bonds. The number of anilines is 3. The van der Waals surface area contributed by atoms with Gasteiger partial charge in [-0.1, -0.05) is 12.1 Å². The summed E-state index contributed by atoms with van der Waals surface area (Å²) in [5, 5.41) is 15.3. The number of hydrogen-bond acceptors (Lipinski definition) is 5. The number of benzene rings is 2. The Bertz CT molecular complexity index is 905. The van der Waals surface area contributed by atoms with Gasteiger partial charge in [-0.25, -0.2) is 9.97 Å². The minimum atomic E-state index is -0.268. The topological polar surface area (TPSA) is 87.1 Å². The molecular formula is C19H18N4O2. The zero-order chi connectivity index (χ0) is 17.8. The number of phenols is 1. The van der Waals surface area contributed by atoms with Crippen LogP contribution in [-0.2, 0) is 0 Å². The van der Waals surface area contributed by atoms with Crippen LogP contribution in [0.25, 0.3) is 0 Å². The summed E-state index contributed by atoms with van der Waals surface area (Å²) in [5.41, 5.74) is 3.47. The maximum Gasteiger partial charge on any atom is 0.255 e. The van der Waals surface area contributed by atoms with Gasteiger partial charge in [-0.3, -0.25) is 4.79 Å². The summed E-state index contributed by atoms with van der Waals surface area (Å²) in [6.45, 7) is 3.80. The summed E-state index contributed by atoms with van der Waals surface area (Å²) in [6.07, 6.45) is 0. The number of amides is 1. The van der Waals surface area contributed by atoms with Crippen molar-refractivity contribution in [2.75, 3.05) is 10.6 Å². The van der Waals surface area contributed by atoms with Crippen molar-refractivity contribution in [2.45, 2.75) is 13.8 Å². The van der Waals surface area contributed by atoms with Gasteiger partial charge < -0.3 is 15.7 Å². The number of aromatic nitrogens is 2. The van der Waals surface area contributed by atoms with E-state index in [1.807, 2.05) is 26.0 Å². The number of nitrogens with zero attached hydrogens (tertiary/aromatic N) is 2. The highest BCUT2D eigenvalue weighted by Crippen LogP contribution is 2.19. The Morgan fingerprint density at radius 3 is 2.32 bits per heavy atom. The fourth-order valence-electron chi connectivity index (χ4n) is 2.44. The Morgan fingerprint density at radius 1 is 0.920 bits per heavy atom. The molecule has 0 saturated heterocycles. The number of carbonyl (C=O) groups excluding carboxylic acids is 1. The zero-order valence-electron chi connectivity index (χ0n) is 13.9. The van der Waals surface area contributed by atoms with E-state index in [9.17, 15) is 9.90 Å². The molecular weight excluding hydrogens is 316 g/mol.